The molecule has 0 spiro atoms. The molecular formula is C17H13ClFN7O2S. The topological polar surface area (TPSA) is 139 Å². The van der Waals surface area contributed by atoms with Crippen LogP contribution in [0, 0.1) is 5.82 Å². The summed E-state index contributed by atoms with van der Waals surface area (Å²) in [5, 5.41) is 18.5. The van der Waals surface area contributed by atoms with E-state index in [-0.39, 0.29) is 21.7 Å². The van der Waals surface area contributed by atoms with Crippen LogP contribution in [0.1, 0.15) is 0 Å². The lowest BCUT2D eigenvalue weighted by Gasteiger charge is -2.09. The lowest BCUT2D eigenvalue weighted by atomic mass is 10.2. The monoisotopic (exact) mass is 433 g/mol. The largest absolute Gasteiger partial charge is 0.324 e. The molecule has 0 aliphatic heterocycles. The lowest BCUT2D eigenvalue weighted by Crippen LogP contribution is -2.13. The highest BCUT2D eigenvalue weighted by atomic mass is 35.5. The fourth-order valence-electron chi connectivity index (χ4n) is 2.62. The number of rotatable bonds is 5. The minimum atomic E-state index is -3.98. The van der Waals surface area contributed by atoms with E-state index in [1.165, 1.54) is 30.5 Å². The molecule has 0 bridgehead atoms. The Morgan fingerprint density at radius 1 is 1.10 bits per heavy atom. The van der Waals surface area contributed by atoms with Crippen molar-refractivity contribution in [1.82, 2.24) is 20.2 Å². The Hall–Kier alpha value is -3.28. The van der Waals surface area contributed by atoms with E-state index in [1.54, 1.807) is 18.2 Å². The first kappa shape index (κ1) is 19.1. The third-order valence-electron chi connectivity index (χ3n) is 3.92. The molecule has 0 radical (unpaired) electrons. The van der Waals surface area contributed by atoms with Gasteiger partial charge in [0.15, 0.2) is 5.82 Å². The number of aromatic nitrogens is 4. The minimum Gasteiger partial charge on any atom is -0.324 e. The molecule has 4 aromatic rings. The molecule has 2 aromatic carbocycles. The third kappa shape index (κ3) is 4.11. The second kappa shape index (κ2) is 7.28. The zero-order valence-electron chi connectivity index (χ0n) is 14.5. The summed E-state index contributed by atoms with van der Waals surface area (Å²) in [5.74, 6) is 0.581. The molecule has 0 aliphatic rings. The van der Waals surface area contributed by atoms with Gasteiger partial charge in [-0.1, -0.05) is 11.6 Å². The first-order valence-corrected chi connectivity index (χ1v) is 10.0. The quantitative estimate of drug-likeness (QED) is 0.378. The molecule has 29 heavy (non-hydrogen) atoms. The summed E-state index contributed by atoms with van der Waals surface area (Å²) in [7, 11) is -3.98. The average molecular weight is 434 g/mol. The Bertz CT molecular complexity index is 1330. The van der Waals surface area contributed by atoms with Crippen LogP contribution in [0.5, 0.6) is 0 Å². The Labute approximate surface area is 169 Å². The van der Waals surface area contributed by atoms with Crippen LogP contribution in [-0.4, -0.2) is 28.6 Å². The molecule has 0 fully saturated rings. The van der Waals surface area contributed by atoms with Gasteiger partial charge in [-0.25, -0.2) is 22.9 Å². The maximum atomic E-state index is 13.5. The standard InChI is InChI=1S/C17H13ClFN7O2S/c18-12-3-2-10(8-14(12)29(20,27)28)22-17-21-6-5-15(24-17)23-16-11-7-9(19)1-4-13(11)25-26-16/h1-8H,(H2,20,27,28)(H3,21,22,23,24,25,26). The average Bonchev–Trinajstić information content (AvgIpc) is 3.05. The maximum Gasteiger partial charge on any atom is 0.239 e. The smallest absolute Gasteiger partial charge is 0.239 e. The van der Waals surface area contributed by atoms with Crippen LogP contribution in [0.3, 0.4) is 0 Å². The van der Waals surface area contributed by atoms with Crippen LogP contribution >= 0.6 is 11.6 Å². The number of hydrogen-bond donors (Lipinski definition) is 4. The number of primary sulfonamides is 1. The molecule has 0 saturated heterocycles. The van der Waals surface area contributed by atoms with Gasteiger partial charge in [0, 0.05) is 17.3 Å². The van der Waals surface area contributed by atoms with Gasteiger partial charge >= 0.3 is 0 Å². The van der Waals surface area contributed by atoms with Gasteiger partial charge in [-0.2, -0.15) is 10.1 Å². The number of nitrogens with two attached hydrogens (primary N) is 1. The van der Waals surface area contributed by atoms with E-state index in [0.717, 1.165) is 0 Å². The molecule has 0 unspecified atom stereocenters. The highest BCUT2D eigenvalue weighted by Gasteiger charge is 2.14. The lowest BCUT2D eigenvalue weighted by molar-refractivity contribution is 0.598. The maximum absolute atomic E-state index is 13.5. The first-order chi connectivity index (χ1) is 13.8. The minimum absolute atomic E-state index is 0.00651. The van der Waals surface area contributed by atoms with E-state index in [4.69, 9.17) is 16.7 Å². The number of anilines is 4. The van der Waals surface area contributed by atoms with Crippen LogP contribution in [0.25, 0.3) is 10.9 Å². The highest BCUT2D eigenvalue weighted by Crippen LogP contribution is 2.27. The summed E-state index contributed by atoms with van der Waals surface area (Å²) in [6, 6.07) is 10.1. The zero-order valence-corrected chi connectivity index (χ0v) is 16.1. The summed E-state index contributed by atoms with van der Waals surface area (Å²) in [6.45, 7) is 0. The molecule has 2 aromatic heterocycles. The van der Waals surface area contributed by atoms with Gasteiger partial charge in [0.2, 0.25) is 16.0 Å². The van der Waals surface area contributed by atoms with E-state index in [0.29, 0.717) is 28.2 Å². The van der Waals surface area contributed by atoms with Crippen molar-refractivity contribution in [2.24, 2.45) is 5.14 Å². The number of sulfonamides is 1. The fourth-order valence-corrected chi connectivity index (χ4v) is 3.69. The predicted molar refractivity (Wildman–Crippen MR) is 107 cm³/mol. The molecule has 0 saturated carbocycles. The number of nitrogens with one attached hydrogen (secondary N) is 3. The fraction of sp³-hybridized carbons (Fsp3) is 0. The molecule has 9 nitrogen and oxygen atoms in total. The molecule has 0 amide bonds. The van der Waals surface area contributed by atoms with E-state index >= 15 is 0 Å². The summed E-state index contributed by atoms with van der Waals surface area (Å²) >= 11 is 5.88. The number of H-pyrrole nitrogens is 1. The third-order valence-corrected chi connectivity index (χ3v) is 5.31. The van der Waals surface area contributed by atoms with Crippen LogP contribution in [0.2, 0.25) is 5.02 Å². The van der Waals surface area contributed by atoms with E-state index in [2.05, 4.69) is 30.8 Å². The first-order valence-electron chi connectivity index (χ1n) is 8.13. The molecular weight excluding hydrogens is 421 g/mol. The van der Waals surface area contributed by atoms with Crippen molar-refractivity contribution in [1.29, 1.82) is 0 Å². The van der Waals surface area contributed by atoms with Crippen LogP contribution < -0.4 is 15.8 Å². The number of nitrogens with zero attached hydrogens (tertiary/aromatic N) is 3. The molecule has 0 aliphatic carbocycles. The summed E-state index contributed by atoms with van der Waals surface area (Å²) < 4.78 is 36.7. The molecule has 148 valence electrons. The van der Waals surface area contributed by atoms with Gasteiger partial charge in [-0.05, 0) is 42.5 Å². The van der Waals surface area contributed by atoms with Crippen LogP contribution in [0.15, 0.2) is 53.6 Å². The zero-order chi connectivity index (χ0) is 20.6. The normalized spacial score (nSPS) is 11.6. The SMILES string of the molecule is NS(=O)(=O)c1cc(Nc2nccc(Nc3n[nH]c4ccc(F)cc34)n2)ccc1Cl. The molecule has 2 heterocycles. The van der Waals surface area contributed by atoms with Crippen molar-refractivity contribution in [2.45, 2.75) is 4.90 Å². The van der Waals surface area contributed by atoms with Gasteiger partial charge in [-0.3, -0.25) is 5.10 Å². The number of benzene rings is 2. The van der Waals surface area contributed by atoms with Crippen molar-refractivity contribution >= 4 is 55.8 Å². The molecule has 5 N–H and O–H groups in total. The summed E-state index contributed by atoms with van der Waals surface area (Å²) in [6.07, 6.45) is 1.49. The van der Waals surface area contributed by atoms with E-state index < -0.39 is 10.0 Å². The Morgan fingerprint density at radius 2 is 1.93 bits per heavy atom. The molecule has 0 atom stereocenters. The molecule has 4 rings (SSSR count). The summed E-state index contributed by atoms with van der Waals surface area (Å²) in [4.78, 5) is 8.16. The predicted octanol–water partition coefficient (Wildman–Crippen LogP) is 3.28. The van der Waals surface area contributed by atoms with Gasteiger partial charge < -0.3 is 10.6 Å². The van der Waals surface area contributed by atoms with Gasteiger partial charge in [0.1, 0.15) is 16.5 Å². The van der Waals surface area contributed by atoms with Gasteiger partial charge in [0.25, 0.3) is 0 Å². The number of halogens is 2. The number of hydrogen-bond acceptors (Lipinski definition) is 7. The highest BCUT2D eigenvalue weighted by molar-refractivity contribution is 7.89. The van der Waals surface area contributed by atoms with Crippen LogP contribution in [-0.2, 0) is 10.0 Å². The summed E-state index contributed by atoms with van der Waals surface area (Å²) in [5.41, 5.74) is 1.04. The Kier molecular flexibility index (Phi) is 4.78. The Morgan fingerprint density at radius 3 is 2.72 bits per heavy atom. The van der Waals surface area contributed by atoms with Crippen molar-refractivity contribution in [3.63, 3.8) is 0 Å². The molecule has 12 heteroatoms. The van der Waals surface area contributed by atoms with Gasteiger partial charge in [-0.15, -0.1) is 0 Å². The van der Waals surface area contributed by atoms with E-state index in [1.807, 2.05) is 0 Å². The van der Waals surface area contributed by atoms with Crippen LogP contribution in [0.4, 0.5) is 27.7 Å². The van der Waals surface area contributed by atoms with E-state index in [9.17, 15) is 12.8 Å². The van der Waals surface area contributed by atoms with Gasteiger partial charge in [0.05, 0.1) is 10.5 Å². The number of aromatic amines is 1. The van der Waals surface area contributed by atoms with Crippen molar-refractivity contribution in [3.8, 4) is 0 Å². The van der Waals surface area contributed by atoms with Crippen molar-refractivity contribution < 1.29 is 12.8 Å². The number of fused-ring (bicyclic) bond motifs is 1. The second-order valence-electron chi connectivity index (χ2n) is 5.97. The van der Waals surface area contributed by atoms with Crippen molar-refractivity contribution in [3.05, 3.63) is 59.5 Å². The van der Waals surface area contributed by atoms with Crippen molar-refractivity contribution in [2.75, 3.05) is 10.6 Å². The second-order valence-corrected chi connectivity index (χ2v) is 7.90. The Balaban J connectivity index is 1.60.